The Hall–Kier alpha value is -1.71. The van der Waals surface area contributed by atoms with Crippen LogP contribution in [0.4, 0.5) is 0 Å². The summed E-state index contributed by atoms with van der Waals surface area (Å²) in [6.45, 7) is 2.17. The van der Waals surface area contributed by atoms with E-state index in [-0.39, 0.29) is 18.2 Å². The molecule has 1 aromatic carbocycles. The average Bonchev–Trinajstić information content (AvgIpc) is 2.58. The molecule has 1 heterocycles. The van der Waals surface area contributed by atoms with Gasteiger partial charge in [0.05, 0.1) is 6.10 Å². The zero-order valence-electron chi connectivity index (χ0n) is 13.1. The van der Waals surface area contributed by atoms with Crippen molar-refractivity contribution >= 4 is 0 Å². The van der Waals surface area contributed by atoms with Crippen molar-refractivity contribution in [2.45, 2.75) is 50.8 Å². The number of aliphatic hydroxyl groups excluding tert-OH is 1. The summed E-state index contributed by atoms with van der Waals surface area (Å²) in [7, 11) is 0. The zero-order valence-corrected chi connectivity index (χ0v) is 13.1. The second-order valence-corrected chi connectivity index (χ2v) is 6.21. The first-order chi connectivity index (χ1) is 10.7. The van der Waals surface area contributed by atoms with Crippen LogP contribution >= 0.6 is 0 Å². The highest BCUT2D eigenvalue weighted by molar-refractivity contribution is 5.62. The molecule has 3 rings (SSSR count). The number of aliphatic hydroxyl groups is 1. The van der Waals surface area contributed by atoms with E-state index in [0.29, 0.717) is 0 Å². The van der Waals surface area contributed by atoms with E-state index in [9.17, 15) is 5.11 Å². The number of nitrogens with one attached hydrogen (secondary N) is 1. The Morgan fingerprint density at radius 2 is 1.86 bits per heavy atom. The van der Waals surface area contributed by atoms with Crippen molar-refractivity contribution in [1.29, 1.82) is 0 Å². The smallest absolute Gasteiger partial charge is 0.0693 e. The molecular weight excluding hydrogens is 272 g/mol. The monoisotopic (exact) mass is 296 g/mol. The zero-order chi connectivity index (χ0) is 15.4. The summed E-state index contributed by atoms with van der Waals surface area (Å²) in [6, 6.07) is 13.1. The summed E-state index contributed by atoms with van der Waals surface area (Å²) in [5, 5.41) is 13.7. The van der Waals surface area contributed by atoms with Crippen molar-refractivity contribution in [3.8, 4) is 11.1 Å². The molecule has 22 heavy (non-hydrogen) atoms. The molecule has 1 aliphatic rings. The van der Waals surface area contributed by atoms with Gasteiger partial charge in [-0.2, -0.15) is 0 Å². The van der Waals surface area contributed by atoms with Crippen LogP contribution in [0.1, 0.15) is 44.2 Å². The number of pyridine rings is 1. The van der Waals surface area contributed by atoms with Gasteiger partial charge in [-0.25, -0.2) is 0 Å². The van der Waals surface area contributed by atoms with Gasteiger partial charge in [-0.3, -0.25) is 4.98 Å². The summed E-state index contributed by atoms with van der Waals surface area (Å²) in [6.07, 6.45) is 7.82. The van der Waals surface area contributed by atoms with Gasteiger partial charge in [-0.05, 0) is 42.5 Å². The predicted molar refractivity (Wildman–Crippen MR) is 89.5 cm³/mol. The number of hydrogen-bond acceptors (Lipinski definition) is 3. The van der Waals surface area contributed by atoms with E-state index in [0.717, 1.165) is 24.8 Å². The lowest BCUT2D eigenvalue weighted by Gasteiger charge is -2.31. The number of hydrogen-bond donors (Lipinski definition) is 2. The SMILES string of the molecule is CC(NC1CCCCC1O)c1ccc(-c2cccnc2)cc1. The first-order valence-corrected chi connectivity index (χ1v) is 8.18. The number of benzene rings is 1. The van der Waals surface area contributed by atoms with Crippen LogP contribution in [0, 0.1) is 0 Å². The summed E-state index contributed by atoms with van der Waals surface area (Å²) < 4.78 is 0. The van der Waals surface area contributed by atoms with E-state index in [4.69, 9.17) is 0 Å². The maximum Gasteiger partial charge on any atom is 0.0693 e. The van der Waals surface area contributed by atoms with Gasteiger partial charge < -0.3 is 10.4 Å². The summed E-state index contributed by atoms with van der Waals surface area (Å²) in [4.78, 5) is 4.16. The molecule has 0 bridgehead atoms. The Morgan fingerprint density at radius 3 is 2.55 bits per heavy atom. The van der Waals surface area contributed by atoms with E-state index in [2.05, 4.69) is 47.6 Å². The van der Waals surface area contributed by atoms with Crippen LogP contribution in [0.2, 0.25) is 0 Å². The molecule has 116 valence electrons. The molecule has 3 unspecified atom stereocenters. The molecule has 1 saturated carbocycles. The molecule has 0 saturated heterocycles. The second-order valence-electron chi connectivity index (χ2n) is 6.21. The molecule has 2 N–H and O–H groups in total. The Labute approximate surface area is 132 Å². The fourth-order valence-corrected chi connectivity index (χ4v) is 3.22. The quantitative estimate of drug-likeness (QED) is 0.904. The first-order valence-electron chi connectivity index (χ1n) is 8.18. The van der Waals surface area contributed by atoms with Gasteiger partial charge in [-0.15, -0.1) is 0 Å². The average molecular weight is 296 g/mol. The highest BCUT2D eigenvalue weighted by Crippen LogP contribution is 2.24. The fraction of sp³-hybridized carbons (Fsp3) is 0.421. The lowest BCUT2D eigenvalue weighted by Crippen LogP contribution is -2.43. The molecule has 3 nitrogen and oxygen atoms in total. The van der Waals surface area contributed by atoms with E-state index in [1.54, 1.807) is 6.20 Å². The van der Waals surface area contributed by atoms with Crippen molar-refractivity contribution in [2.24, 2.45) is 0 Å². The maximum absolute atomic E-state index is 10.1. The van der Waals surface area contributed by atoms with E-state index in [1.807, 2.05) is 12.3 Å². The molecule has 3 heteroatoms. The third kappa shape index (κ3) is 3.54. The van der Waals surface area contributed by atoms with Gasteiger partial charge in [-0.1, -0.05) is 43.2 Å². The highest BCUT2D eigenvalue weighted by Gasteiger charge is 2.24. The van der Waals surface area contributed by atoms with Crippen molar-refractivity contribution in [2.75, 3.05) is 0 Å². The van der Waals surface area contributed by atoms with Gasteiger partial charge in [0.1, 0.15) is 0 Å². The van der Waals surface area contributed by atoms with Crippen LogP contribution in [0.25, 0.3) is 11.1 Å². The van der Waals surface area contributed by atoms with Crippen molar-refractivity contribution in [3.05, 3.63) is 54.4 Å². The summed E-state index contributed by atoms with van der Waals surface area (Å²) in [5.41, 5.74) is 3.57. The molecule has 0 radical (unpaired) electrons. The van der Waals surface area contributed by atoms with Crippen molar-refractivity contribution in [1.82, 2.24) is 10.3 Å². The molecule has 1 aromatic heterocycles. The maximum atomic E-state index is 10.1. The molecule has 0 spiro atoms. The van der Waals surface area contributed by atoms with Gasteiger partial charge >= 0.3 is 0 Å². The minimum atomic E-state index is -0.203. The molecular formula is C19H24N2O. The summed E-state index contributed by atoms with van der Waals surface area (Å²) in [5.74, 6) is 0. The van der Waals surface area contributed by atoms with E-state index >= 15 is 0 Å². The molecule has 1 fully saturated rings. The molecule has 0 amide bonds. The molecule has 2 aromatic rings. The number of aromatic nitrogens is 1. The van der Waals surface area contributed by atoms with Crippen LogP contribution in [-0.2, 0) is 0 Å². The predicted octanol–water partition coefficient (Wildman–Crippen LogP) is 3.70. The Balaban J connectivity index is 1.67. The minimum absolute atomic E-state index is 0.203. The van der Waals surface area contributed by atoms with Gasteiger partial charge in [0.25, 0.3) is 0 Å². The minimum Gasteiger partial charge on any atom is -0.392 e. The second kappa shape index (κ2) is 7.03. The van der Waals surface area contributed by atoms with E-state index in [1.165, 1.54) is 17.5 Å². The lowest BCUT2D eigenvalue weighted by atomic mass is 9.91. The Morgan fingerprint density at radius 1 is 1.09 bits per heavy atom. The van der Waals surface area contributed by atoms with Crippen molar-refractivity contribution in [3.63, 3.8) is 0 Å². The standard InChI is InChI=1S/C19H24N2O/c1-14(21-18-6-2-3-7-19(18)22)15-8-10-16(11-9-15)17-5-4-12-20-13-17/h4-5,8-14,18-19,21-22H,2-3,6-7H2,1H3. The first kappa shape index (κ1) is 15.2. The number of rotatable bonds is 4. The van der Waals surface area contributed by atoms with Crippen LogP contribution < -0.4 is 5.32 Å². The van der Waals surface area contributed by atoms with Crippen LogP contribution in [0.3, 0.4) is 0 Å². The third-order valence-electron chi connectivity index (χ3n) is 4.60. The number of nitrogens with zero attached hydrogens (tertiary/aromatic N) is 1. The van der Waals surface area contributed by atoms with Gasteiger partial charge in [0.2, 0.25) is 0 Å². The van der Waals surface area contributed by atoms with Crippen LogP contribution in [0.15, 0.2) is 48.8 Å². The largest absolute Gasteiger partial charge is 0.392 e. The van der Waals surface area contributed by atoms with Crippen LogP contribution in [-0.4, -0.2) is 22.2 Å². The molecule has 1 aliphatic carbocycles. The van der Waals surface area contributed by atoms with E-state index < -0.39 is 0 Å². The Bertz CT molecular complexity index is 582. The molecule has 0 aliphatic heterocycles. The summed E-state index contributed by atoms with van der Waals surface area (Å²) >= 11 is 0. The van der Waals surface area contributed by atoms with Crippen molar-refractivity contribution < 1.29 is 5.11 Å². The van der Waals surface area contributed by atoms with Gasteiger partial charge in [0.15, 0.2) is 0 Å². The topological polar surface area (TPSA) is 45.1 Å². The van der Waals surface area contributed by atoms with Crippen LogP contribution in [0.5, 0.6) is 0 Å². The fourth-order valence-electron chi connectivity index (χ4n) is 3.22. The highest BCUT2D eigenvalue weighted by atomic mass is 16.3. The Kier molecular flexibility index (Phi) is 4.86. The third-order valence-corrected chi connectivity index (χ3v) is 4.60. The molecule has 3 atom stereocenters. The normalized spacial score (nSPS) is 23.2. The van der Waals surface area contributed by atoms with Gasteiger partial charge in [0, 0.05) is 24.5 Å². The lowest BCUT2D eigenvalue weighted by molar-refractivity contribution is 0.0860.